The molecule has 2 heterocycles. The summed E-state index contributed by atoms with van der Waals surface area (Å²) in [6.07, 6.45) is 6.35. The van der Waals surface area contributed by atoms with Crippen LogP contribution in [0.15, 0.2) is 24.7 Å². The molecule has 2 rings (SSSR count). The summed E-state index contributed by atoms with van der Waals surface area (Å²) in [4.78, 5) is 8.62. The number of nitrogens with two attached hydrogens (primary N) is 1. The standard InChI is InChI=1S/C12H18N6/c1-3-6-18-10(4-5-16-18)11(17-13)12-14-7-9(2)8-15-12/h4-5,7-8,11,17H,3,6,13H2,1-2H3. The first-order valence-electron chi connectivity index (χ1n) is 6.02. The van der Waals surface area contributed by atoms with Crippen LogP contribution in [0.25, 0.3) is 0 Å². The van der Waals surface area contributed by atoms with E-state index in [1.165, 1.54) is 0 Å². The van der Waals surface area contributed by atoms with Gasteiger partial charge in [0.2, 0.25) is 0 Å². The Morgan fingerprint density at radius 3 is 2.72 bits per heavy atom. The zero-order valence-corrected chi connectivity index (χ0v) is 10.7. The first kappa shape index (κ1) is 12.7. The van der Waals surface area contributed by atoms with Crippen molar-refractivity contribution in [3.8, 4) is 0 Å². The lowest BCUT2D eigenvalue weighted by Crippen LogP contribution is -2.32. The first-order valence-corrected chi connectivity index (χ1v) is 6.02. The average Bonchev–Trinajstić information content (AvgIpc) is 2.82. The van der Waals surface area contributed by atoms with Crippen molar-refractivity contribution in [2.75, 3.05) is 0 Å². The van der Waals surface area contributed by atoms with Gasteiger partial charge in [0, 0.05) is 25.1 Å². The van der Waals surface area contributed by atoms with Gasteiger partial charge in [0.05, 0.1) is 5.69 Å². The molecule has 0 saturated carbocycles. The third kappa shape index (κ3) is 2.55. The van der Waals surface area contributed by atoms with Crippen molar-refractivity contribution in [1.29, 1.82) is 0 Å². The van der Waals surface area contributed by atoms with Crippen molar-refractivity contribution in [3.05, 3.63) is 41.7 Å². The lowest BCUT2D eigenvalue weighted by atomic mass is 10.2. The van der Waals surface area contributed by atoms with E-state index in [0.29, 0.717) is 5.82 Å². The van der Waals surface area contributed by atoms with Gasteiger partial charge in [0.1, 0.15) is 6.04 Å². The molecule has 0 aliphatic rings. The zero-order chi connectivity index (χ0) is 13.0. The SMILES string of the molecule is CCCn1nccc1C(NN)c1ncc(C)cn1. The Morgan fingerprint density at radius 1 is 1.39 bits per heavy atom. The Morgan fingerprint density at radius 2 is 2.11 bits per heavy atom. The molecule has 3 N–H and O–H groups in total. The van der Waals surface area contributed by atoms with Crippen LogP contribution < -0.4 is 11.3 Å². The monoisotopic (exact) mass is 246 g/mol. The number of aromatic nitrogens is 4. The fourth-order valence-corrected chi connectivity index (χ4v) is 1.83. The van der Waals surface area contributed by atoms with Crippen molar-refractivity contribution in [3.63, 3.8) is 0 Å². The molecule has 0 aliphatic heterocycles. The summed E-state index contributed by atoms with van der Waals surface area (Å²) in [5.41, 5.74) is 4.75. The minimum absolute atomic E-state index is 0.236. The fourth-order valence-electron chi connectivity index (χ4n) is 1.83. The molecular weight excluding hydrogens is 228 g/mol. The molecule has 1 unspecified atom stereocenters. The second-order valence-corrected chi connectivity index (χ2v) is 4.20. The molecule has 0 fully saturated rings. The molecule has 0 aromatic carbocycles. The topological polar surface area (TPSA) is 81.7 Å². The molecule has 6 heteroatoms. The summed E-state index contributed by atoms with van der Waals surface area (Å²) < 4.78 is 1.92. The van der Waals surface area contributed by atoms with Gasteiger partial charge in [0.15, 0.2) is 5.82 Å². The molecule has 1 atom stereocenters. The molecule has 0 amide bonds. The number of nitrogens with one attached hydrogen (secondary N) is 1. The summed E-state index contributed by atoms with van der Waals surface area (Å²) in [6.45, 7) is 4.92. The van der Waals surface area contributed by atoms with Crippen LogP contribution >= 0.6 is 0 Å². The summed E-state index contributed by atoms with van der Waals surface area (Å²) in [5.74, 6) is 6.28. The second-order valence-electron chi connectivity index (χ2n) is 4.20. The average molecular weight is 246 g/mol. The Labute approximate surface area is 106 Å². The number of hydrazine groups is 1. The summed E-state index contributed by atoms with van der Waals surface area (Å²) >= 11 is 0. The molecule has 0 radical (unpaired) electrons. The molecule has 0 aliphatic carbocycles. The van der Waals surface area contributed by atoms with Crippen LogP contribution in [0.5, 0.6) is 0 Å². The van der Waals surface area contributed by atoms with Gasteiger partial charge in [-0.15, -0.1) is 0 Å². The lowest BCUT2D eigenvalue weighted by Gasteiger charge is -2.16. The van der Waals surface area contributed by atoms with Crippen LogP contribution in [0.4, 0.5) is 0 Å². The van der Waals surface area contributed by atoms with E-state index in [1.807, 2.05) is 17.7 Å². The Balaban J connectivity index is 2.32. The maximum Gasteiger partial charge on any atom is 0.152 e. The lowest BCUT2D eigenvalue weighted by molar-refractivity contribution is 0.507. The number of hydrogen-bond donors (Lipinski definition) is 2. The van der Waals surface area contributed by atoms with E-state index < -0.39 is 0 Å². The van der Waals surface area contributed by atoms with Crippen molar-refractivity contribution in [2.24, 2.45) is 5.84 Å². The van der Waals surface area contributed by atoms with Gasteiger partial charge >= 0.3 is 0 Å². The maximum atomic E-state index is 5.63. The molecule has 0 spiro atoms. The van der Waals surface area contributed by atoms with Gasteiger partial charge in [-0.25, -0.2) is 15.4 Å². The van der Waals surface area contributed by atoms with Gasteiger partial charge < -0.3 is 0 Å². The molecule has 18 heavy (non-hydrogen) atoms. The van der Waals surface area contributed by atoms with Gasteiger partial charge in [-0.3, -0.25) is 10.5 Å². The largest absolute Gasteiger partial charge is 0.270 e. The van der Waals surface area contributed by atoms with Crippen LogP contribution in [0, 0.1) is 6.92 Å². The van der Waals surface area contributed by atoms with E-state index in [2.05, 4.69) is 27.4 Å². The zero-order valence-electron chi connectivity index (χ0n) is 10.7. The van der Waals surface area contributed by atoms with Crippen LogP contribution in [-0.4, -0.2) is 19.7 Å². The summed E-state index contributed by atoms with van der Waals surface area (Å²) in [6, 6.07) is 1.70. The predicted molar refractivity (Wildman–Crippen MR) is 68.5 cm³/mol. The van der Waals surface area contributed by atoms with Crippen LogP contribution in [0.1, 0.15) is 36.5 Å². The highest BCUT2D eigenvalue weighted by atomic mass is 15.3. The highest BCUT2D eigenvalue weighted by Gasteiger charge is 2.19. The molecular formula is C12H18N6. The fraction of sp³-hybridized carbons (Fsp3) is 0.417. The smallest absolute Gasteiger partial charge is 0.152 e. The Hall–Kier alpha value is -1.79. The number of nitrogens with zero attached hydrogens (tertiary/aromatic N) is 4. The second kappa shape index (κ2) is 5.70. The van der Waals surface area contributed by atoms with Crippen molar-refractivity contribution in [1.82, 2.24) is 25.2 Å². The van der Waals surface area contributed by atoms with E-state index in [4.69, 9.17) is 5.84 Å². The molecule has 96 valence electrons. The van der Waals surface area contributed by atoms with Gasteiger partial charge in [-0.2, -0.15) is 5.10 Å². The van der Waals surface area contributed by atoms with Crippen LogP contribution in [0.3, 0.4) is 0 Å². The third-order valence-electron chi connectivity index (χ3n) is 2.71. The molecule has 2 aromatic rings. The van der Waals surface area contributed by atoms with E-state index in [9.17, 15) is 0 Å². The molecule has 0 saturated heterocycles. The first-order chi connectivity index (χ1) is 8.76. The summed E-state index contributed by atoms with van der Waals surface area (Å²) in [5, 5.41) is 4.28. The van der Waals surface area contributed by atoms with Crippen molar-refractivity contribution < 1.29 is 0 Å². The van der Waals surface area contributed by atoms with Gasteiger partial charge in [-0.05, 0) is 25.0 Å². The number of aryl methyl sites for hydroxylation is 2. The van der Waals surface area contributed by atoms with Crippen LogP contribution in [0.2, 0.25) is 0 Å². The quantitative estimate of drug-likeness (QED) is 0.606. The highest BCUT2D eigenvalue weighted by Crippen LogP contribution is 2.17. The highest BCUT2D eigenvalue weighted by molar-refractivity contribution is 5.17. The molecule has 2 aromatic heterocycles. The normalized spacial score (nSPS) is 12.6. The minimum Gasteiger partial charge on any atom is -0.270 e. The van der Waals surface area contributed by atoms with E-state index in [1.54, 1.807) is 18.6 Å². The van der Waals surface area contributed by atoms with Crippen LogP contribution in [-0.2, 0) is 6.54 Å². The van der Waals surface area contributed by atoms with E-state index in [-0.39, 0.29) is 6.04 Å². The summed E-state index contributed by atoms with van der Waals surface area (Å²) in [7, 11) is 0. The van der Waals surface area contributed by atoms with Gasteiger partial charge in [0.25, 0.3) is 0 Å². The molecule has 0 bridgehead atoms. The maximum absolute atomic E-state index is 5.63. The van der Waals surface area contributed by atoms with E-state index >= 15 is 0 Å². The minimum atomic E-state index is -0.236. The van der Waals surface area contributed by atoms with Crippen molar-refractivity contribution in [2.45, 2.75) is 32.9 Å². The van der Waals surface area contributed by atoms with Gasteiger partial charge in [-0.1, -0.05) is 6.92 Å². The number of rotatable bonds is 5. The van der Waals surface area contributed by atoms with E-state index in [0.717, 1.165) is 24.2 Å². The third-order valence-corrected chi connectivity index (χ3v) is 2.71. The van der Waals surface area contributed by atoms with Crippen molar-refractivity contribution >= 4 is 0 Å². The number of hydrogen-bond acceptors (Lipinski definition) is 5. The molecule has 6 nitrogen and oxygen atoms in total. The Bertz CT molecular complexity index is 490. The predicted octanol–water partition coefficient (Wildman–Crippen LogP) is 0.944. The Kier molecular flexibility index (Phi) is 4.01.